The van der Waals surface area contributed by atoms with Gasteiger partial charge in [-0.3, -0.25) is 0 Å². The van der Waals surface area contributed by atoms with Crippen molar-refractivity contribution in [1.29, 1.82) is 0 Å². The Morgan fingerprint density at radius 1 is 1.56 bits per heavy atom. The first-order valence-electron chi connectivity index (χ1n) is 5.93. The Labute approximate surface area is 98.8 Å². The van der Waals surface area contributed by atoms with E-state index in [1.165, 1.54) is 0 Å². The molecule has 16 heavy (non-hydrogen) atoms. The van der Waals surface area contributed by atoms with Crippen molar-refractivity contribution in [3.63, 3.8) is 0 Å². The molecule has 1 N–H and O–H groups in total. The van der Waals surface area contributed by atoms with Gasteiger partial charge in [0.05, 0.1) is 5.25 Å². The number of hydrogen-bond donors (Lipinski definition) is 1. The van der Waals surface area contributed by atoms with Crippen LogP contribution in [0.15, 0.2) is 12.7 Å². The van der Waals surface area contributed by atoms with Crippen molar-refractivity contribution < 1.29 is 8.42 Å². The number of nitrogens with zero attached hydrogens (tertiary/aromatic N) is 1. The minimum atomic E-state index is -3.15. The fraction of sp³-hybridized carbons (Fsp3) is 0.818. The molecule has 94 valence electrons. The lowest BCUT2D eigenvalue weighted by atomic mass is 10.2. The second kappa shape index (κ2) is 6.37. The number of piperidine rings is 1. The zero-order valence-electron chi connectivity index (χ0n) is 9.98. The summed E-state index contributed by atoms with van der Waals surface area (Å²) in [6.07, 6.45) is 4.21. The van der Waals surface area contributed by atoms with E-state index in [1.54, 1.807) is 10.4 Å². The summed E-state index contributed by atoms with van der Waals surface area (Å²) in [6, 6.07) is 0. The third kappa shape index (κ3) is 3.30. The zero-order valence-corrected chi connectivity index (χ0v) is 10.8. The summed E-state index contributed by atoms with van der Waals surface area (Å²) in [6.45, 7) is 8.14. The predicted molar refractivity (Wildman–Crippen MR) is 66.9 cm³/mol. The van der Waals surface area contributed by atoms with Crippen LogP contribution in [-0.4, -0.2) is 44.2 Å². The maximum absolute atomic E-state index is 12.3. The van der Waals surface area contributed by atoms with E-state index in [-0.39, 0.29) is 5.25 Å². The van der Waals surface area contributed by atoms with Crippen LogP contribution >= 0.6 is 0 Å². The second-order valence-corrected chi connectivity index (χ2v) is 6.37. The molecule has 0 aromatic heterocycles. The van der Waals surface area contributed by atoms with Gasteiger partial charge in [-0.15, -0.1) is 6.58 Å². The summed E-state index contributed by atoms with van der Waals surface area (Å²) < 4.78 is 26.2. The molecule has 1 unspecified atom stereocenters. The van der Waals surface area contributed by atoms with Crippen LogP contribution in [0, 0.1) is 0 Å². The van der Waals surface area contributed by atoms with Gasteiger partial charge in [-0.1, -0.05) is 13.0 Å². The van der Waals surface area contributed by atoms with Crippen molar-refractivity contribution in [2.75, 3.05) is 26.2 Å². The molecule has 1 heterocycles. The summed E-state index contributed by atoms with van der Waals surface area (Å²) in [5.74, 6) is 0. The molecule has 1 fully saturated rings. The SMILES string of the molecule is C=CCN(CCC)S(=O)(=O)C1CCCNC1. The highest BCUT2D eigenvalue weighted by molar-refractivity contribution is 7.89. The molecular weight excluding hydrogens is 224 g/mol. The topological polar surface area (TPSA) is 49.4 Å². The van der Waals surface area contributed by atoms with Gasteiger partial charge < -0.3 is 5.32 Å². The van der Waals surface area contributed by atoms with E-state index >= 15 is 0 Å². The molecule has 1 aliphatic rings. The lowest BCUT2D eigenvalue weighted by molar-refractivity contribution is 0.413. The van der Waals surface area contributed by atoms with Crippen LogP contribution in [0.5, 0.6) is 0 Å². The third-order valence-electron chi connectivity index (χ3n) is 2.84. The van der Waals surface area contributed by atoms with Gasteiger partial charge in [0.2, 0.25) is 10.0 Å². The highest BCUT2D eigenvalue weighted by atomic mass is 32.2. The van der Waals surface area contributed by atoms with E-state index < -0.39 is 10.0 Å². The maximum atomic E-state index is 12.3. The molecule has 0 aromatic carbocycles. The Bertz CT molecular complexity index is 308. The summed E-state index contributed by atoms with van der Waals surface area (Å²) >= 11 is 0. The Hall–Kier alpha value is -0.390. The van der Waals surface area contributed by atoms with Gasteiger partial charge in [-0.2, -0.15) is 4.31 Å². The van der Waals surface area contributed by atoms with Gasteiger partial charge >= 0.3 is 0 Å². The molecule has 0 saturated carbocycles. The van der Waals surface area contributed by atoms with E-state index in [9.17, 15) is 8.42 Å². The van der Waals surface area contributed by atoms with Crippen LogP contribution in [0.2, 0.25) is 0 Å². The first kappa shape index (κ1) is 13.7. The fourth-order valence-corrected chi connectivity index (χ4v) is 3.97. The van der Waals surface area contributed by atoms with Crippen LogP contribution in [0.1, 0.15) is 26.2 Å². The number of sulfonamides is 1. The van der Waals surface area contributed by atoms with Crippen LogP contribution in [0.4, 0.5) is 0 Å². The average molecular weight is 246 g/mol. The first-order valence-corrected chi connectivity index (χ1v) is 7.43. The fourth-order valence-electron chi connectivity index (χ4n) is 2.00. The second-order valence-electron chi connectivity index (χ2n) is 4.16. The highest BCUT2D eigenvalue weighted by Gasteiger charge is 2.31. The molecule has 0 aliphatic carbocycles. The van der Waals surface area contributed by atoms with E-state index in [0.717, 1.165) is 25.8 Å². The van der Waals surface area contributed by atoms with Crippen molar-refractivity contribution >= 4 is 10.0 Å². The number of hydrogen-bond acceptors (Lipinski definition) is 3. The Morgan fingerprint density at radius 3 is 2.81 bits per heavy atom. The third-order valence-corrected chi connectivity index (χ3v) is 5.13. The van der Waals surface area contributed by atoms with Gasteiger partial charge in [0.1, 0.15) is 0 Å². The smallest absolute Gasteiger partial charge is 0.218 e. The molecule has 1 aliphatic heterocycles. The molecule has 1 saturated heterocycles. The summed E-state index contributed by atoms with van der Waals surface area (Å²) in [7, 11) is -3.15. The molecule has 0 bridgehead atoms. The lowest BCUT2D eigenvalue weighted by Gasteiger charge is -2.29. The molecule has 1 atom stereocenters. The molecule has 0 radical (unpaired) electrons. The monoisotopic (exact) mass is 246 g/mol. The van der Waals surface area contributed by atoms with E-state index in [2.05, 4.69) is 11.9 Å². The highest BCUT2D eigenvalue weighted by Crippen LogP contribution is 2.16. The van der Waals surface area contributed by atoms with Gasteiger partial charge in [0, 0.05) is 19.6 Å². The summed E-state index contributed by atoms with van der Waals surface area (Å²) in [4.78, 5) is 0. The zero-order chi connectivity index (χ0) is 12.0. The van der Waals surface area contributed by atoms with Crippen molar-refractivity contribution in [3.8, 4) is 0 Å². The minimum absolute atomic E-state index is 0.257. The van der Waals surface area contributed by atoms with Crippen LogP contribution in [0.25, 0.3) is 0 Å². The largest absolute Gasteiger partial charge is 0.315 e. The van der Waals surface area contributed by atoms with Gasteiger partial charge in [0.25, 0.3) is 0 Å². The average Bonchev–Trinajstić information content (AvgIpc) is 2.30. The number of nitrogens with one attached hydrogen (secondary N) is 1. The van der Waals surface area contributed by atoms with Crippen molar-refractivity contribution in [2.24, 2.45) is 0 Å². The van der Waals surface area contributed by atoms with Gasteiger partial charge in [0.15, 0.2) is 0 Å². The Morgan fingerprint density at radius 2 is 2.31 bits per heavy atom. The molecular formula is C11H22N2O2S. The lowest BCUT2D eigenvalue weighted by Crippen LogP contribution is -2.46. The predicted octanol–water partition coefficient (Wildman–Crippen LogP) is 0.966. The molecule has 0 aromatic rings. The van der Waals surface area contributed by atoms with Gasteiger partial charge in [-0.25, -0.2) is 8.42 Å². The molecule has 4 nitrogen and oxygen atoms in total. The van der Waals surface area contributed by atoms with Gasteiger partial charge in [-0.05, 0) is 25.8 Å². The molecule has 5 heteroatoms. The van der Waals surface area contributed by atoms with Crippen molar-refractivity contribution in [3.05, 3.63) is 12.7 Å². The molecule has 1 rings (SSSR count). The van der Waals surface area contributed by atoms with E-state index in [0.29, 0.717) is 19.6 Å². The first-order chi connectivity index (χ1) is 7.62. The van der Waals surface area contributed by atoms with Crippen LogP contribution < -0.4 is 5.32 Å². The quantitative estimate of drug-likeness (QED) is 0.710. The van der Waals surface area contributed by atoms with Crippen molar-refractivity contribution in [2.45, 2.75) is 31.4 Å². The molecule has 0 spiro atoms. The molecule has 0 amide bonds. The minimum Gasteiger partial charge on any atom is -0.315 e. The van der Waals surface area contributed by atoms with E-state index in [4.69, 9.17) is 0 Å². The standard InChI is InChI=1S/C11H22N2O2S/c1-3-8-13(9-4-2)16(14,15)11-6-5-7-12-10-11/h3,11-12H,1,4-10H2,2H3. The Kier molecular flexibility index (Phi) is 5.44. The maximum Gasteiger partial charge on any atom is 0.218 e. The normalized spacial score (nSPS) is 22.2. The van der Waals surface area contributed by atoms with Crippen molar-refractivity contribution in [1.82, 2.24) is 9.62 Å². The Balaban J connectivity index is 2.74. The van der Waals surface area contributed by atoms with Crippen LogP contribution in [0.3, 0.4) is 0 Å². The van der Waals surface area contributed by atoms with Crippen LogP contribution in [-0.2, 0) is 10.0 Å². The summed E-state index contributed by atoms with van der Waals surface area (Å²) in [5.41, 5.74) is 0. The number of rotatable bonds is 6. The summed E-state index contributed by atoms with van der Waals surface area (Å²) in [5, 5.41) is 2.89. The van der Waals surface area contributed by atoms with E-state index in [1.807, 2.05) is 6.92 Å².